The summed E-state index contributed by atoms with van der Waals surface area (Å²) >= 11 is 0. The zero-order valence-corrected chi connectivity index (χ0v) is 6.49. The van der Waals surface area contributed by atoms with Gasteiger partial charge in [0.25, 0.3) is 0 Å². The quantitative estimate of drug-likeness (QED) is 0.577. The van der Waals surface area contributed by atoms with Crippen molar-refractivity contribution < 1.29 is 9.90 Å². The summed E-state index contributed by atoms with van der Waals surface area (Å²) in [5.74, 6) is 0.0312. The van der Waals surface area contributed by atoms with Crippen molar-refractivity contribution in [3.63, 3.8) is 0 Å². The van der Waals surface area contributed by atoms with Crippen LogP contribution in [0.25, 0.3) is 0 Å². The number of amides is 1. The maximum Gasteiger partial charge on any atom is 0.225 e. The van der Waals surface area contributed by atoms with Gasteiger partial charge in [-0.3, -0.25) is 4.79 Å². The summed E-state index contributed by atoms with van der Waals surface area (Å²) in [5.41, 5.74) is 0. The van der Waals surface area contributed by atoms with Crippen LogP contribution in [-0.2, 0) is 4.79 Å². The molecule has 0 bridgehead atoms. The SMILES string of the molecule is C=CCN1CCC(O)CC1=O. The minimum atomic E-state index is -0.427. The van der Waals surface area contributed by atoms with Crippen LogP contribution in [0.3, 0.4) is 0 Å². The largest absolute Gasteiger partial charge is 0.393 e. The van der Waals surface area contributed by atoms with E-state index in [-0.39, 0.29) is 12.3 Å². The molecule has 1 fully saturated rings. The molecule has 1 aliphatic heterocycles. The Kier molecular flexibility index (Phi) is 2.65. The highest BCUT2D eigenvalue weighted by atomic mass is 16.3. The van der Waals surface area contributed by atoms with Crippen LogP contribution in [0.2, 0.25) is 0 Å². The molecule has 0 radical (unpaired) electrons. The number of likely N-dealkylation sites (tertiary alicyclic amines) is 1. The Morgan fingerprint density at radius 1 is 1.82 bits per heavy atom. The summed E-state index contributed by atoms with van der Waals surface area (Å²) < 4.78 is 0. The number of rotatable bonds is 2. The molecule has 0 saturated carbocycles. The van der Waals surface area contributed by atoms with Crippen molar-refractivity contribution in [1.29, 1.82) is 0 Å². The second kappa shape index (κ2) is 3.53. The molecule has 1 saturated heterocycles. The summed E-state index contributed by atoms with van der Waals surface area (Å²) in [6.45, 7) is 4.81. The van der Waals surface area contributed by atoms with E-state index in [1.807, 2.05) is 0 Å². The molecule has 62 valence electrons. The van der Waals surface area contributed by atoms with E-state index >= 15 is 0 Å². The maximum absolute atomic E-state index is 11.1. The van der Waals surface area contributed by atoms with E-state index in [0.29, 0.717) is 19.5 Å². The summed E-state index contributed by atoms with van der Waals surface area (Å²) in [5, 5.41) is 9.09. The normalized spacial score (nSPS) is 25.4. The fourth-order valence-corrected chi connectivity index (χ4v) is 1.21. The summed E-state index contributed by atoms with van der Waals surface area (Å²) in [7, 11) is 0. The number of hydrogen-bond acceptors (Lipinski definition) is 2. The van der Waals surface area contributed by atoms with Gasteiger partial charge in [0.05, 0.1) is 12.5 Å². The second-order valence-corrected chi connectivity index (χ2v) is 2.78. The van der Waals surface area contributed by atoms with Gasteiger partial charge in [-0.25, -0.2) is 0 Å². The zero-order valence-electron chi connectivity index (χ0n) is 6.49. The highest BCUT2D eigenvalue weighted by Gasteiger charge is 2.22. The predicted molar refractivity (Wildman–Crippen MR) is 42.0 cm³/mol. The van der Waals surface area contributed by atoms with Gasteiger partial charge in [-0.2, -0.15) is 0 Å². The van der Waals surface area contributed by atoms with Crippen molar-refractivity contribution in [2.24, 2.45) is 0 Å². The molecular formula is C8H13NO2. The molecule has 3 heteroatoms. The van der Waals surface area contributed by atoms with Crippen LogP contribution >= 0.6 is 0 Å². The predicted octanol–water partition coefficient (Wildman–Crippen LogP) is 0.156. The molecule has 1 amide bonds. The molecule has 1 N–H and O–H groups in total. The van der Waals surface area contributed by atoms with Gasteiger partial charge in [0.15, 0.2) is 0 Å². The number of nitrogens with zero attached hydrogens (tertiary/aromatic N) is 1. The molecular weight excluding hydrogens is 142 g/mol. The Balaban J connectivity index is 2.43. The Morgan fingerprint density at radius 2 is 2.55 bits per heavy atom. The van der Waals surface area contributed by atoms with Gasteiger partial charge >= 0.3 is 0 Å². The summed E-state index contributed by atoms with van der Waals surface area (Å²) in [4.78, 5) is 12.8. The van der Waals surface area contributed by atoms with Crippen LogP contribution in [0.5, 0.6) is 0 Å². The molecule has 1 atom stereocenters. The average Bonchev–Trinajstić information content (AvgIpc) is 1.95. The van der Waals surface area contributed by atoms with Crippen molar-refractivity contribution in [2.45, 2.75) is 18.9 Å². The van der Waals surface area contributed by atoms with Gasteiger partial charge in [0.2, 0.25) is 5.91 Å². The van der Waals surface area contributed by atoms with Crippen LogP contribution in [0, 0.1) is 0 Å². The summed E-state index contributed by atoms with van der Waals surface area (Å²) in [6, 6.07) is 0. The minimum absolute atomic E-state index is 0.0312. The second-order valence-electron chi connectivity index (χ2n) is 2.78. The first kappa shape index (κ1) is 8.27. The molecule has 0 aromatic rings. The fourth-order valence-electron chi connectivity index (χ4n) is 1.21. The molecule has 1 aliphatic rings. The fraction of sp³-hybridized carbons (Fsp3) is 0.625. The van der Waals surface area contributed by atoms with Gasteiger partial charge in [0, 0.05) is 13.1 Å². The third-order valence-electron chi connectivity index (χ3n) is 1.84. The maximum atomic E-state index is 11.1. The van der Waals surface area contributed by atoms with E-state index in [1.165, 1.54) is 0 Å². The molecule has 0 spiro atoms. The third kappa shape index (κ3) is 2.05. The number of piperidine rings is 1. The molecule has 1 heterocycles. The van der Waals surface area contributed by atoms with E-state index in [1.54, 1.807) is 11.0 Å². The summed E-state index contributed by atoms with van der Waals surface area (Å²) in [6.07, 6.45) is 2.24. The molecule has 0 aromatic heterocycles. The molecule has 0 aliphatic carbocycles. The van der Waals surface area contributed by atoms with E-state index in [2.05, 4.69) is 6.58 Å². The minimum Gasteiger partial charge on any atom is -0.393 e. The van der Waals surface area contributed by atoms with Gasteiger partial charge in [-0.15, -0.1) is 6.58 Å². The average molecular weight is 155 g/mol. The lowest BCUT2D eigenvalue weighted by Gasteiger charge is -2.28. The van der Waals surface area contributed by atoms with Crippen molar-refractivity contribution in [3.8, 4) is 0 Å². The monoisotopic (exact) mass is 155 g/mol. The van der Waals surface area contributed by atoms with E-state index in [9.17, 15) is 4.79 Å². The topological polar surface area (TPSA) is 40.5 Å². The first-order valence-corrected chi connectivity index (χ1v) is 3.80. The number of carbonyl (C=O) groups is 1. The van der Waals surface area contributed by atoms with Gasteiger partial charge in [-0.05, 0) is 6.42 Å². The number of hydrogen-bond donors (Lipinski definition) is 1. The highest BCUT2D eigenvalue weighted by Crippen LogP contribution is 2.10. The first-order valence-electron chi connectivity index (χ1n) is 3.80. The van der Waals surface area contributed by atoms with Crippen molar-refractivity contribution in [1.82, 2.24) is 4.90 Å². The van der Waals surface area contributed by atoms with Crippen molar-refractivity contribution >= 4 is 5.91 Å². The standard InChI is InChI=1S/C8H13NO2/c1-2-4-9-5-3-7(10)6-8(9)11/h2,7,10H,1,3-6H2. The Labute approximate surface area is 66.3 Å². The van der Waals surface area contributed by atoms with Crippen LogP contribution in [0.15, 0.2) is 12.7 Å². The third-order valence-corrected chi connectivity index (χ3v) is 1.84. The van der Waals surface area contributed by atoms with E-state index in [0.717, 1.165) is 0 Å². The molecule has 11 heavy (non-hydrogen) atoms. The van der Waals surface area contributed by atoms with Crippen LogP contribution in [0.4, 0.5) is 0 Å². The Hall–Kier alpha value is -0.830. The van der Waals surface area contributed by atoms with E-state index < -0.39 is 6.10 Å². The van der Waals surface area contributed by atoms with Crippen LogP contribution in [-0.4, -0.2) is 35.1 Å². The van der Waals surface area contributed by atoms with Gasteiger partial charge < -0.3 is 10.0 Å². The lowest BCUT2D eigenvalue weighted by molar-refractivity contribution is -0.136. The molecule has 1 rings (SSSR count). The molecule has 0 aromatic carbocycles. The van der Waals surface area contributed by atoms with Crippen molar-refractivity contribution in [3.05, 3.63) is 12.7 Å². The van der Waals surface area contributed by atoms with Gasteiger partial charge in [0.1, 0.15) is 0 Å². The lowest BCUT2D eigenvalue weighted by Crippen LogP contribution is -2.40. The zero-order chi connectivity index (χ0) is 8.27. The first-order chi connectivity index (χ1) is 5.24. The number of aliphatic hydroxyl groups excluding tert-OH is 1. The van der Waals surface area contributed by atoms with E-state index in [4.69, 9.17) is 5.11 Å². The number of carbonyl (C=O) groups excluding carboxylic acids is 1. The highest BCUT2D eigenvalue weighted by molar-refractivity contribution is 5.77. The van der Waals surface area contributed by atoms with Crippen LogP contribution in [0.1, 0.15) is 12.8 Å². The van der Waals surface area contributed by atoms with Crippen molar-refractivity contribution in [2.75, 3.05) is 13.1 Å². The van der Waals surface area contributed by atoms with Crippen LogP contribution < -0.4 is 0 Å². The Morgan fingerprint density at radius 3 is 3.09 bits per heavy atom. The lowest BCUT2D eigenvalue weighted by atomic mass is 10.1. The smallest absolute Gasteiger partial charge is 0.225 e. The number of aliphatic hydroxyl groups is 1. The molecule has 1 unspecified atom stereocenters. The van der Waals surface area contributed by atoms with Gasteiger partial charge in [-0.1, -0.05) is 6.08 Å². The molecule has 3 nitrogen and oxygen atoms in total. The Bertz CT molecular complexity index is 167.